The van der Waals surface area contributed by atoms with Crippen molar-refractivity contribution in [3.8, 4) is 0 Å². The molecule has 188 valence electrons. The molecule has 2 aromatic carbocycles. The molecule has 7 nitrogen and oxygen atoms in total. The summed E-state index contributed by atoms with van der Waals surface area (Å²) in [5, 5.41) is 11.4. The molecular formula is C27H20Cl2N2O5S. The Labute approximate surface area is 226 Å². The van der Waals surface area contributed by atoms with Crippen molar-refractivity contribution in [1.82, 2.24) is 4.98 Å². The summed E-state index contributed by atoms with van der Waals surface area (Å²) in [6.07, 6.45) is 4.30. The number of allylic oxidation sites excluding steroid dienone is 1. The number of benzene rings is 2. The van der Waals surface area contributed by atoms with E-state index in [1.807, 2.05) is 30.3 Å². The van der Waals surface area contributed by atoms with Crippen molar-refractivity contribution in [2.24, 2.45) is 0 Å². The number of aryl methyl sites for hydroxylation is 1. The van der Waals surface area contributed by atoms with Crippen LogP contribution in [-0.2, 0) is 14.3 Å². The zero-order valence-corrected chi connectivity index (χ0v) is 21.8. The molecule has 1 aromatic heterocycles. The first-order chi connectivity index (χ1) is 17.7. The monoisotopic (exact) mass is 554 g/mol. The lowest BCUT2D eigenvalue weighted by molar-refractivity contribution is -0.117. The van der Waals surface area contributed by atoms with Crippen molar-refractivity contribution in [1.29, 1.82) is 0 Å². The Balaban J connectivity index is 1.79. The summed E-state index contributed by atoms with van der Waals surface area (Å²) in [5.41, 5.74) is 1.37. The summed E-state index contributed by atoms with van der Waals surface area (Å²) in [7, 11) is 0. The zero-order valence-electron chi connectivity index (χ0n) is 19.5. The molecule has 37 heavy (non-hydrogen) atoms. The SMILES string of the molecule is C=CCOC(=O)c1sc(N2C(=O)C(O)=C(C(=O)C=Cc3ccccc3)C2c2ccc(Cl)c(Cl)c2)nc1C. The van der Waals surface area contributed by atoms with Crippen LogP contribution in [-0.4, -0.2) is 34.4 Å². The lowest BCUT2D eigenvalue weighted by Gasteiger charge is -2.24. The van der Waals surface area contributed by atoms with Gasteiger partial charge in [0.15, 0.2) is 16.7 Å². The van der Waals surface area contributed by atoms with Crippen molar-refractivity contribution in [2.45, 2.75) is 13.0 Å². The maximum Gasteiger partial charge on any atom is 0.350 e. The molecule has 1 amide bonds. The fraction of sp³-hybridized carbons (Fsp3) is 0.111. The molecule has 4 rings (SSSR count). The highest BCUT2D eigenvalue weighted by Crippen LogP contribution is 2.44. The van der Waals surface area contributed by atoms with Crippen LogP contribution in [0.4, 0.5) is 5.13 Å². The normalized spacial score (nSPS) is 15.5. The van der Waals surface area contributed by atoms with Crippen LogP contribution in [0.15, 0.2) is 78.6 Å². The quantitative estimate of drug-likeness (QED) is 0.200. The van der Waals surface area contributed by atoms with Gasteiger partial charge in [0.2, 0.25) is 0 Å². The maximum absolute atomic E-state index is 13.3. The Kier molecular flexibility index (Phi) is 7.92. The molecule has 0 spiro atoms. The molecule has 3 aromatic rings. The highest BCUT2D eigenvalue weighted by Gasteiger charge is 2.45. The van der Waals surface area contributed by atoms with Crippen molar-refractivity contribution >= 4 is 63.4 Å². The average Bonchev–Trinajstić information content (AvgIpc) is 3.40. The number of thiazole rings is 1. The fourth-order valence-corrected chi connectivity index (χ4v) is 5.05. The van der Waals surface area contributed by atoms with Gasteiger partial charge in [0.1, 0.15) is 11.5 Å². The number of aliphatic hydroxyl groups excluding tert-OH is 1. The zero-order chi connectivity index (χ0) is 26.7. The Bertz CT molecular complexity index is 1460. The Morgan fingerprint density at radius 1 is 1.19 bits per heavy atom. The third-order valence-corrected chi connectivity index (χ3v) is 7.34. The van der Waals surface area contributed by atoms with Gasteiger partial charge in [-0.25, -0.2) is 9.78 Å². The molecule has 0 saturated heterocycles. The van der Waals surface area contributed by atoms with E-state index in [1.165, 1.54) is 29.2 Å². The number of ketones is 1. The number of carbonyl (C=O) groups is 3. The van der Waals surface area contributed by atoms with Gasteiger partial charge in [-0.1, -0.05) is 89.7 Å². The van der Waals surface area contributed by atoms with Gasteiger partial charge in [-0.15, -0.1) is 0 Å². The van der Waals surface area contributed by atoms with Crippen LogP contribution in [0.2, 0.25) is 10.0 Å². The lowest BCUT2D eigenvalue weighted by Crippen LogP contribution is -2.30. The van der Waals surface area contributed by atoms with E-state index < -0.39 is 29.5 Å². The minimum atomic E-state index is -1.07. The molecule has 0 radical (unpaired) electrons. The molecule has 0 bridgehead atoms. The van der Waals surface area contributed by atoms with Crippen LogP contribution >= 0.6 is 34.5 Å². The number of hydrogen-bond donors (Lipinski definition) is 1. The van der Waals surface area contributed by atoms with E-state index in [0.717, 1.165) is 16.9 Å². The van der Waals surface area contributed by atoms with Crippen molar-refractivity contribution in [3.05, 3.63) is 110 Å². The number of aliphatic hydroxyl groups is 1. The molecule has 0 aliphatic carbocycles. The third kappa shape index (κ3) is 5.36. The molecule has 1 aliphatic heterocycles. The van der Waals surface area contributed by atoms with E-state index >= 15 is 0 Å². The average molecular weight is 555 g/mol. The van der Waals surface area contributed by atoms with Gasteiger partial charge in [0, 0.05) is 0 Å². The molecular weight excluding hydrogens is 535 g/mol. The number of hydrogen-bond acceptors (Lipinski definition) is 7. The minimum absolute atomic E-state index is 0.00872. The first kappa shape index (κ1) is 26.3. The van der Waals surface area contributed by atoms with Gasteiger partial charge in [0.25, 0.3) is 5.91 Å². The summed E-state index contributed by atoms with van der Waals surface area (Å²) < 4.78 is 5.11. The number of rotatable bonds is 8. The highest BCUT2D eigenvalue weighted by molar-refractivity contribution is 7.17. The standard InChI is InChI=1S/C27H20Cl2N2O5S/c1-3-13-36-26(35)24-15(2)30-27(37-24)31-22(17-10-11-18(28)19(29)14-17)21(23(33)25(31)34)20(32)12-9-16-7-5-4-6-8-16/h3-12,14,22,33H,1,13H2,2H3. The number of carbonyl (C=O) groups excluding carboxylic acids is 3. The second kappa shape index (κ2) is 11.1. The number of nitrogens with zero attached hydrogens (tertiary/aromatic N) is 2. The summed E-state index contributed by atoms with van der Waals surface area (Å²) in [6.45, 7) is 5.13. The largest absolute Gasteiger partial charge is 0.503 e. The summed E-state index contributed by atoms with van der Waals surface area (Å²) in [4.78, 5) is 44.9. The van der Waals surface area contributed by atoms with Gasteiger partial charge >= 0.3 is 5.97 Å². The summed E-state index contributed by atoms with van der Waals surface area (Å²) in [5.74, 6) is -2.76. The van der Waals surface area contributed by atoms with Gasteiger partial charge < -0.3 is 9.84 Å². The molecule has 0 saturated carbocycles. The van der Waals surface area contributed by atoms with Crippen molar-refractivity contribution in [2.75, 3.05) is 11.5 Å². The maximum atomic E-state index is 13.3. The van der Waals surface area contributed by atoms with Crippen LogP contribution in [0, 0.1) is 6.92 Å². The number of anilines is 1. The molecule has 0 fully saturated rings. The number of esters is 1. The van der Waals surface area contributed by atoms with E-state index in [0.29, 0.717) is 11.3 Å². The van der Waals surface area contributed by atoms with E-state index in [-0.39, 0.29) is 32.2 Å². The minimum Gasteiger partial charge on any atom is -0.503 e. The second-order valence-electron chi connectivity index (χ2n) is 7.92. The molecule has 1 aliphatic rings. The Hall–Kier alpha value is -3.72. The molecule has 1 atom stereocenters. The van der Waals surface area contributed by atoms with E-state index in [2.05, 4.69) is 11.6 Å². The van der Waals surface area contributed by atoms with Gasteiger partial charge in [-0.2, -0.15) is 0 Å². The molecule has 2 heterocycles. The number of amides is 1. The first-order valence-electron chi connectivity index (χ1n) is 11.0. The Morgan fingerprint density at radius 3 is 2.59 bits per heavy atom. The predicted octanol–water partition coefficient (Wildman–Crippen LogP) is 6.28. The first-order valence-corrected chi connectivity index (χ1v) is 12.5. The van der Waals surface area contributed by atoms with Crippen molar-refractivity contribution < 1.29 is 24.2 Å². The van der Waals surface area contributed by atoms with Gasteiger partial charge in [0.05, 0.1) is 27.4 Å². The van der Waals surface area contributed by atoms with Crippen LogP contribution in [0.25, 0.3) is 6.08 Å². The Morgan fingerprint density at radius 2 is 1.92 bits per heavy atom. The topological polar surface area (TPSA) is 96.8 Å². The molecule has 1 N–H and O–H groups in total. The lowest BCUT2D eigenvalue weighted by atomic mass is 9.96. The third-order valence-electron chi connectivity index (χ3n) is 5.47. The molecule has 1 unspecified atom stereocenters. The van der Waals surface area contributed by atoms with Gasteiger partial charge in [-0.05, 0) is 36.3 Å². The smallest absolute Gasteiger partial charge is 0.350 e. The second-order valence-corrected chi connectivity index (χ2v) is 9.71. The van der Waals surface area contributed by atoms with Crippen LogP contribution in [0.5, 0.6) is 0 Å². The fourth-order valence-electron chi connectivity index (χ4n) is 3.75. The van der Waals surface area contributed by atoms with E-state index in [1.54, 1.807) is 19.1 Å². The van der Waals surface area contributed by atoms with Crippen LogP contribution < -0.4 is 4.90 Å². The van der Waals surface area contributed by atoms with Gasteiger partial charge in [-0.3, -0.25) is 14.5 Å². The van der Waals surface area contributed by atoms with E-state index in [4.69, 9.17) is 27.9 Å². The van der Waals surface area contributed by atoms with Crippen LogP contribution in [0.1, 0.15) is 32.5 Å². The predicted molar refractivity (Wildman–Crippen MR) is 144 cm³/mol. The number of halogens is 2. The van der Waals surface area contributed by atoms with Crippen LogP contribution in [0.3, 0.4) is 0 Å². The number of ether oxygens (including phenoxy) is 1. The highest BCUT2D eigenvalue weighted by atomic mass is 35.5. The number of aromatic nitrogens is 1. The molecule has 10 heteroatoms. The summed E-state index contributed by atoms with van der Waals surface area (Å²) in [6, 6.07) is 12.7. The summed E-state index contributed by atoms with van der Waals surface area (Å²) >= 11 is 13.3. The van der Waals surface area contributed by atoms with E-state index in [9.17, 15) is 19.5 Å². The van der Waals surface area contributed by atoms with Crippen molar-refractivity contribution in [3.63, 3.8) is 0 Å².